The summed E-state index contributed by atoms with van der Waals surface area (Å²) in [6, 6.07) is 7.57. The molecule has 0 aliphatic carbocycles. The van der Waals surface area contributed by atoms with Crippen molar-refractivity contribution in [2.75, 3.05) is 6.54 Å². The Morgan fingerprint density at radius 3 is 2.81 bits per heavy atom. The van der Waals surface area contributed by atoms with Gasteiger partial charge < -0.3 is 10.0 Å². The zero-order chi connectivity index (χ0) is 11.5. The van der Waals surface area contributed by atoms with Gasteiger partial charge in [-0.05, 0) is 17.2 Å². The molecule has 0 fully saturated rings. The van der Waals surface area contributed by atoms with E-state index in [1.165, 1.54) is 11.0 Å². The second-order valence-corrected chi connectivity index (χ2v) is 3.62. The lowest BCUT2D eigenvalue weighted by Crippen LogP contribution is -2.33. The fourth-order valence-electron chi connectivity index (χ4n) is 1.69. The molecule has 1 amide bonds. The third kappa shape index (κ3) is 2.11. The maximum absolute atomic E-state index is 11.6. The number of rotatable bonds is 2. The van der Waals surface area contributed by atoms with E-state index in [-0.39, 0.29) is 12.5 Å². The molecule has 0 atom stereocenters. The summed E-state index contributed by atoms with van der Waals surface area (Å²) in [5.74, 6) is -1.26. The summed E-state index contributed by atoms with van der Waals surface area (Å²) in [7, 11) is 0. The fraction of sp³-hybridized carbons (Fsp3) is 0.167. The third-order valence-corrected chi connectivity index (χ3v) is 2.46. The SMILES string of the molecule is O=C(O)CN1Cc2ccccc2C=CC1=O. The first kappa shape index (κ1) is 10.4. The van der Waals surface area contributed by atoms with E-state index in [0.29, 0.717) is 6.54 Å². The van der Waals surface area contributed by atoms with Crippen molar-refractivity contribution in [1.82, 2.24) is 4.90 Å². The van der Waals surface area contributed by atoms with Gasteiger partial charge in [0.1, 0.15) is 6.54 Å². The van der Waals surface area contributed by atoms with Gasteiger partial charge in [0.25, 0.3) is 0 Å². The summed E-state index contributed by atoms with van der Waals surface area (Å²) < 4.78 is 0. The molecule has 1 aromatic carbocycles. The van der Waals surface area contributed by atoms with Gasteiger partial charge in [0.15, 0.2) is 0 Å². The minimum atomic E-state index is -0.999. The lowest BCUT2D eigenvalue weighted by molar-refractivity contribution is -0.143. The summed E-state index contributed by atoms with van der Waals surface area (Å²) >= 11 is 0. The topological polar surface area (TPSA) is 57.6 Å². The van der Waals surface area contributed by atoms with Crippen molar-refractivity contribution in [1.29, 1.82) is 0 Å². The lowest BCUT2D eigenvalue weighted by Gasteiger charge is -2.17. The van der Waals surface area contributed by atoms with Crippen LogP contribution in [0.3, 0.4) is 0 Å². The predicted octanol–water partition coefficient (Wildman–Crippen LogP) is 1.13. The molecular weight excluding hydrogens is 206 g/mol. The minimum Gasteiger partial charge on any atom is -0.480 e. The van der Waals surface area contributed by atoms with Crippen molar-refractivity contribution < 1.29 is 14.7 Å². The van der Waals surface area contributed by atoms with Crippen molar-refractivity contribution in [3.63, 3.8) is 0 Å². The average Bonchev–Trinajstić information content (AvgIpc) is 2.39. The van der Waals surface area contributed by atoms with Crippen LogP contribution in [0, 0.1) is 0 Å². The zero-order valence-electron chi connectivity index (χ0n) is 8.59. The van der Waals surface area contributed by atoms with E-state index in [4.69, 9.17) is 5.11 Å². The number of fused-ring (bicyclic) bond motifs is 1. The van der Waals surface area contributed by atoms with Crippen LogP contribution in [0.25, 0.3) is 6.08 Å². The molecule has 0 unspecified atom stereocenters. The van der Waals surface area contributed by atoms with Crippen LogP contribution in [0.15, 0.2) is 30.3 Å². The smallest absolute Gasteiger partial charge is 0.323 e. The molecule has 1 aromatic rings. The Labute approximate surface area is 92.8 Å². The van der Waals surface area contributed by atoms with Gasteiger partial charge in [-0.25, -0.2) is 0 Å². The summed E-state index contributed by atoms with van der Waals surface area (Å²) in [6.45, 7) is 0.0752. The molecule has 1 aliphatic rings. The van der Waals surface area contributed by atoms with Gasteiger partial charge in [-0.2, -0.15) is 0 Å². The Morgan fingerprint density at radius 1 is 1.31 bits per heavy atom. The number of amides is 1. The molecule has 0 radical (unpaired) electrons. The molecule has 16 heavy (non-hydrogen) atoms. The van der Waals surface area contributed by atoms with Crippen LogP contribution in [-0.2, 0) is 16.1 Å². The quantitative estimate of drug-likeness (QED) is 0.807. The van der Waals surface area contributed by atoms with Crippen LogP contribution in [0.2, 0.25) is 0 Å². The van der Waals surface area contributed by atoms with E-state index < -0.39 is 5.97 Å². The standard InChI is InChI=1S/C12H11NO3/c14-11-6-5-9-3-1-2-4-10(9)7-13(11)8-12(15)16/h1-6H,7-8H2,(H,15,16). The number of carbonyl (C=O) groups excluding carboxylic acids is 1. The number of aliphatic carboxylic acids is 1. The Balaban J connectivity index is 2.30. The monoisotopic (exact) mass is 217 g/mol. The highest BCUT2D eigenvalue weighted by atomic mass is 16.4. The van der Waals surface area contributed by atoms with E-state index >= 15 is 0 Å². The van der Waals surface area contributed by atoms with Crippen molar-refractivity contribution in [2.24, 2.45) is 0 Å². The lowest BCUT2D eigenvalue weighted by atomic mass is 10.1. The number of carboxylic acid groups (broad SMARTS) is 1. The number of nitrogens with zero attached hydrogens (tertiary/aromatic N) is 1. The van der Waals surface area contributed by atoms with E-state index in [0.717, 1.165) is 11.1 Å². The van der Waals surface area contributed by atoms with Crippen molar-refractivity contribution in [3.8, 4) is 0 Å². The van der Waals surface area contributed by atoms with E-state index in [1.807, 2.05) is 24.3 Å². The normalized spacial score (nSPS) is 14.5. The second kappa shape index (κ2) is 4.18. The molecule has 1 N–H and O–H groups in total. The van der Waals surface area contributed by atoms with Crippen LogP contribution in [-0.4, -0.2) is 28.4 Å². The predicted molar refractivity (Wildman–Crippen MR) is 58.5 cm³/mol. The van der Waals surface area contributed by atoms with Crippen LogP contribution in [0.4, 0.5) is 0 Å². The van der Waals surface area contributed by atoms with Gasteiger partial charge in [-0.1, -0.05) is 24.3 Å². The van der Waals surface area contributed by atoms with Crippen LogP contribution < -0.4 is 0 Å². The molecule has 1 aliphatic heterocycles. The van der Waals surface area contributed by atoms with Gasteiger partial charge in [-0.3, -0.25) is 9.59 Å². The molecule has 0 bridgehead atoms. The molecule has 0 aromatic heterocycles. The van der Waals surface area contributed by atoms with Gasteiger partial charge in [0.05, 0.1) is 0 Å². The first-order chi connectivity index (χ1) is 7.66. The van der Waals surface area contributed by atoms with Gasteiger partial charge >= 0.3 is 5.97 Å². The number of hydrogen-bond donors (Lipinski definition) is 1. The van der Waals surface area contributed by atoms with E-state index in [1.54, 1.807) is 6.08 Å². The van der Waals surface area contributed by atoms with Gasteiger partial charge in [-0.15, -0.1) is 0 Å². The van der Waals surface area contributed by atoms with Crippen LogP contribution >= 0.6 is 0 Å². The molecule has 0 saturated carbocycles. The molecule has 2 rings (SSSR count). The van der Waals surface area contributed by atoms with Gasteiger partial charge in [0, 0.05) is 12.6 Å². The zero-order valence-corrected chi connectivity index (χ0v) is 8.59. The van der Waals surface area contributed by atoms with Crippen molar-refractivity contribution in [2.45, 2.75) is 6.54 Å². The molecule has 0 saturated heterocycles. The highest BCUT2D eigenvalue weighted by Gasteiger charge is 2.18. The van der Waals surface area contributed by atoms with Crippen LogP contribution in [0.1, 0.15) is 11.1 Å². The van der Waals surface area contributed by atoms with Crippen molar-refractivity contribution in [3.05, 3.63) is 41.5 Å². The highest BCUT2D eigenvalue weighted by Crippen LogP contribution is 2.17. The van der Waals surface area contributed by atoms with Crippen LogP contribution in [0.5, 0.6) is 0 Å². The number of carboxylic acids is 1. The molecule has 0 spiro atoms. The Kier molecular flexibility index (Phi) is 2.72. The molecular formula is C12H11NO3. The molecule has 4 nitrogen and oxygen atoms in total. The van der Waals surface area contributed by atoms with Gasteiger partial charge in [0.2, 0.25) is 5.91 Å². The van der Waals surface area contributed by atoms with E-state index in [2.05, 4.69) is 0 Å². The Morgan fingerprint density at radius 2 is 2.06 bits per heavy atom. The fourth-order valence-corrected chi connectivity index (χ4v) is 1.69. The first-order valence-corrected chi connectivity index (χ1v) is 4.93. The summed E-state index contributed by atoms with van der Waals surface area (Å²) in [5, 5.41) is 8.71. The van der Waals surface area contributed by atoms with E-state index in [9.17, 15) is 9.59 Å². The largest absolute Gasteiger partial charge is 0.480 e. The van der Waals surface area contributed by atoms with Crippen molar-refractivity contribution >= 4 is 18.0 Å². The second-order valence-electron chi connectivity index (χ2n) is 3.62. The molecule has 82 valence electrons. The maximum Gasteiger partial charge on any atom is 0.323 e. The number of hydrogen-bond acceptors (Lipinski definition) is 2. The number of carbonyl (C=O) groups is 2. The highest BCUT2D eigenvalue weighted by molar-refractivity contribution is 5.94. The minimum absolute atomic E-state index is 0.265. The summed E-state index contributed by atoms with van der Waals surface area (Å²) in [6.07, 6.45) is 3.13. The Bertz CT molecular complexity index is 465. The summed E-state index contributed by atoms with van der Waals surface area (Å²) in [5.41, 5.74) is 1.93. The molecule has 1 heterocycles. The maximum atomic E-state index is 11.6. The summed E-state index contributed by atoms with van der Waals surface area (Å²) in [4.78, 5) is 23.5. The molecule has 4 heteroatoms. The first-order valence-electron chi connectivity index (χ1n) is 4.93. The Hall–Kier alpha value is -2.10. The average molecular weight is 217 g/mol. The third-order valence-electron chi connectivity index (χ3n) is 2.46. The number of benzene rings is 1.